The number of hydrogen-bond donors (Lipinski definition) is 2. The van der Waals surface area contributed by atoms with Crippen LogP contribution in [0.5, 0.6) is 0 Å². The second-order valence-electron chi connectivity index (χ2n) is 10.6. The molecule has 0 aliphatic rings. The van der Waals surface area contributed by atoms with Crippen molar-refractivity contribution < 1.29 is 18.8 Å². The zero-order valence-corrected chi connectivity index (χ0v) is 24.4. The molecule has 7 nitrogen and oxygen atoms in total. The molecule has 0 aliphatic carbocycles. The van der Waals surface area contributed by atoms with E-state index in [1.54, 1.807) is 44.4 Å². The van der Waals surface area contributed by atoms with Crippen molar-refractivity contribution in [1.29, 1.82) is 0 Å². The highest BCUT2D eigenvalue weighted by Crippen LogP contribution is 2.22. The zero-order valence-electron chi connectivity index (χ0n) is 24.4. The lowest BCUT2D eigenvalue weighted by Crippen LogP contribution is -2.55. The van der Waals surface area contributed by atoms with Gasteiger partial charge in [-0.15, -0.1) is 0 Å². The molecule has 8 heteroatoms. The number of rotatable bonds is 10. The van der Waals surface area contributed by atoms with E-state index in [4.69, 9.17) is 5.73 Å². The van der Waals surface area contributed by atoms with Crippen LogP contribution >= 0.6 is 0 Å². The van der Waals surface area contributed by atoms with Crippen LogP contribution in [-0.2, 0) is 22.4 Å². The van der Waals surface area contributed by atoms with Crippen LogP contribution in [0.2, 0.25) is 0 Å². The lowest BCUT2D eigenvalue weighted by atomic mass is 9.97. The minimum absolute atomic E-state index is 0.180. The molecule has 1 unspecified atom stereocenters. The minimum Gasteiger partial charge on any atom is -0.357 e. The molecule has 4 rings (SSSR count). The summed E-state index contributed by atoms with van der Waals surface area (Å²) in [4.78, 5) is 43.8. The molecule has 3 atom stereocenters. The van der Waals surface area contributed by atoms with E-state index >= 15 is 0 Å². The monoisotopic (exact) mass is 568 g/mol. The molecule has 3 amide bonds. The number of fused-ring (bicyclic) bond motifs is 1. The Morgan fingerprint density at radius 1 is 0.786 bits per heavy atom. The molecule has 218 valence electrons. The molecule has 0 saturated heterocycles. The molecule has 0 aromatic heterocycles. The molecule has 0 heterocycles. The Labute approximate surface area is 246 Å². The van der Waals surface area contributed by atoms with Crippen LogP contribution in [0.1, 0.15) is 40.0 Å². The minimum atomic E-state index is -0.914. The topological polar surface area (TPSA) is 95.7 Å². The van der Waals surface area contributed by atoms with Crippen molar-refractivity contribution in [2.24, 2.45) is 5.73 Å². The summed E-state index contributed by atoms with van der Waals surface area (Å²) in [5, 5.41) is 4.72. The van der Waals surface area contributed by atoms with E-state index in [0.717, 1.165) is 21.9 Å². The van der Waals surface area contributed by atoms with Gasteiger partial charge in [0, 0.05) is 45.6 Å². The molecule has 0 aliphatic heterocycles. The van der Waals surface area contributed by atoms with Crippen molar-refractivity contribution in [3.8, 4) is 0 Å². The number of likely N-dealkylation sites (N-methyl/N-ethyl adjacent to an activating group) is 3. The van der Waals surface area contributed by atoms with Gasteiger partial charge in [-0.05, 0) is 58.7 Å². The molecule has 42 heavy (non-hydrogen) atoms. The second-order valence-corrected chi connectivity index (χ2v) is 10.6. The van der Waals surface area contributed by atoms with Crippen molar-refractivity contribution in [2.45, 2.75) is 37.9 Å². The first-order chi connectivity index (χ1) is 20.1. The summed E-state index contributed by atoms with van der Waals surface area (Å²) >= 11 is 0. The summed E-state index contributed by atoms with van der Waals surface area (Å²) in [5.41, 5.74) is 8.86. The molecular formula is C34H37FN4O3. The maximum absolute atomic E-state index is 14.2. The molecular weight excluding hydrogens is 531 g/mol. The number of hydrogen-bond acceptors (Lipinski definition) is 4. The normalized spacial score (nSPS) is 13.2. The first-order valence-electron chi connectivity index (χ1n) is 13.9. The molecule has 0 saturated carbocycles. The van der Waals surface area contributed by atoms with Gasteiger partial charge in [-0.1, -0.05) is 66.7 Å². The fourth-order valence-electron chi connectivity index (χ4n) is 5.08. The molecule has 0 bridgehead atoms. The van der Waals surface area contributed by atoms with E-state index in [1.807, 2.05) is 55.5 Å². The summed E-state index contributed by atoms with van der Waals surface area (Å²) < 4.78 is 13.5. The molecule has 0 radical (unpaired) electrons. The average Bonchev–Trinajstić information content (AvgIpc) is 3.01. The zero-order chi connectivity index (χ0) is 30.4. The second kappa shape index (κ2) is 13.4. The average molecular weight is 569 g/mol. The summed E-state index contributed by atoms with van der Waals surface area (Å²) in [6.07, 6.45) is 0.416. The van der Waals surface area contributed by atoms with Crippen LogP contribution in [0.15, 0.2) is 91.0 Å². The molecule has 0 spiro atoms. The molecule has 4 aromatic carbocycles. The standard InChI is InChI=1S/C34H37FN4O3/c1-22(36)26-10-7-11-28(21-26)33(41)39(4)31(20-24-12-15-25-8-5-6-9-27(25)18-24)34(42)38(3)30(32(40)37-2)19-23-13-16-29(35)17-14-23/h5-18,21-22,30-31H,19-20,36H2,1-4H3,(H,37,40)/t22?,30-,31-/m1/s1. The Morgan fingerprint density at radius 3 is 2.10 bits per heavy atom. The molecule has 4 aromatic rings. The van der Waals surface area contributed by atoms with Gasteiger partial charge in [0.15, 0.2) is 0 Å². The van der Waals surface area contributed by atoms with Gasteiger partial charge in [-0.3, -0.25) is 14.4 Å². The predicted molar refractivity (Wildman–Crippen MR) is 163 cm³/mol. The Kier molecular flexibility index (Phi) is 9.70. The van der Waals surface area contributed by atoms with Crippen molar-refractivity contribution in [3.63, 3.8) is 0 Å². The summed E-state index contributed by atoms with van der Waals surface area (Å²) in [5.74, 6) is -1.47. The third kappa shape index (κ3) is 7.01. The van der Waals surface area contributed by atoms with Gasteiger partial charge in [0.25, 0.3) is 5.91 Å². The highest BCUT2D eigenvalue weighted by Gasteiger charge is 2.35. The quantitative estimate of drug-likeness (QED) is 0.295. The smallest absolute Gasteiger partial charge is 0.254 e. The van der Waals surface area contributed by atoms with Gasteiger partial charge in [0.2, 0.25) is 11.8 Å². The van der Waals surface area contributed by atoms with E-state index < -0.39 is 18.0 Å². The van der Waals surface area contributed by atoms with Crippen molar-refractivity contribution >= 4 is 28.5 Å². The maximum atomic E-state index is 14.2. The predicted octanol–water partition coefficient (Wildman–Crippen LogP) is 4.50. The lowest BCUT2D eigenvalue weighted by molar-refractivity contribution is -0.142. The number of carbonyl (C=O) groups is 3. The molecule has 0 fully saturated rings. The van der Waals surface area contributed by atoms with E-state index in [9.17, 15) is 18.8 Å². The van der Waals surface area contributed by atoms with Gasteiger partial charge in [0.1, 0.15) is 17.9 Å². The Morgan fingerprint density at radius 2 is 1.43 bits per heavy atom. The Balaban J connectivity index is 1.70. The van der Waals surface area contributed by atoms with Gasteiger partial charge in [0.05, 0.1) is 0 Å². The van der Waals surface area contributed by atoms with Crippen LogP contribution in [0.25, 0.3) is 10.8 Å². The Bertz CT molecular complexity index is 1570. The highest BCUT2D eigenvalue weighted by atomic mass is 19.1. The largest absolute Gasteiger partial charge is 0.357 e. The summed E-state index contributed by atoms with van der Waals surface area (Å²) in [7, 11) is 4.67. The van der Waals surface area contributed by atoms with Gasteiger partial charge in [-0.25, -0.2) is 4.39 Å². The number of nitrogens with two attached hydrogens (primary N) is 1. The van der Waals surface area contributed by atoms with Crippen LogP contribution in [-0.4, -0.2) is 60.7 Å². The lowest BCUT2D eigenvalue weighted by Gasteiger charge is -2.34. The number of nitrogens with zero attached hydrogens (tertiary/aromatic N) is 2. The van der Waals surface area contributed by atoms with Crippen molar-refractivity contribution in [3.05, 3.63) is 119 Å². The Hall–Kier alpha value is -4.56. The van der Waals surface area contributed by atoms with Crippen molar-refractivity contribution in [2.75, 3.05) is 21.1 Å². The fraction of sp³-hybridized carbons (Fsp3) is 0.265. The van der Waals surface area contributed by atoms with Crippen LogP contribution in [0.3, 0.4) is 0 Å². The number of carbonyl (C=O) groups excluding carboxylic acids is 3. The maximum Gasteiger partial charge on any atom is 0.254 e. The number of halogens is 1. The van der Waals surface area contributed by atoms with Gasteiger partial charge < -0.3 is 20.9 Å². The van der Waals surface area contributed by atoms with E-state index in [2.05, 4.69) is 5.32 Å². The summed E-state index contributed by atoms with van der Waals surface area (Å²) in [6.45, 7) is 1.84. The molecule has 3 N–H and O–H groups in total. The van der Waals surface area contributed by atoms with Crippen LogP contribution in [0.4, 0.5) is 4.39 Å². The van der Waals surface area contributed by atoms with E-state index in [-0.39, 0.29) is 36.5 Å². The van der Waals surface area contributed by atoms with Gasteiger partial charge in [-0.2, -0.15) is 0 Å². The van der Waals surface area contributed by atoms with Crippen LogP contribution < -0.4 is 11.1 Å². The van der Waals surface area contributed by atoms with Gasteiger partial charge >= 0.3 is 0 Å². The highest BCUT2D eigenvalue weighted by molar-refractivity contribution is 5.98. The fourth-order valence-corrected chi connectivity index (χ4v) is 5.08. The number of nitrogens with one attached hydrogen (secondary N) is 1. The third-order valence-corrected chi connectivity index (χ3v) is 7.68. The number of amides is 3. The summed E-state index contributed by atoms with van der Waals surface area (Å²) in [6, 6.07) is 24.7. The first-order valence-corrected chi connectivity index (χ1v) is 13.9. The van der Waals surface area contributed by atoms with Crippen molar-refractivity contribution in [1.82, 2.24) is 15.1 Å². The number of benzene rings is 4. The van der Waals surface area contributed by atoms with E-state index in [1.165, 1.54) is 29.0 Å². The first kappa shape index (κ1) is 30.4. The SMILES string of the molecule is CNC(=O)[C@@H](Cc1ccc(F)cc1)N(C)C(=O)[C@@H](Cc1ccc2ccccc2c1)N(C)C(=O)c1cccc(C(C)N)c1. The van der Waals surface area contributed by atoms with E-state index in [0.29, 0.717) is 11.1 Å². The van der Waals surface area contributed by atoms with Crippen LogP contribution in [0, 0.1) is 5.82 Å². The third-order valence-electron chi connectivity index (χ3n) is 7.68.